The van der Waals surface area contributed by atoms with Gasteiger partial charge in [-0.2, -0.15) is 0 Å². The van der Waals surface area contributed by atoms with E-state index in [1.807, 2.05) is 27.7 Å². The monoisotopic (exact) mass is 372 g/mol. The van der Waals surface area contributed by atoms with Gasteiger partial charge in [0.25, 0.3) is 0 Å². The predicted octanol–water partition coefficient (Wildman–Crippen LogP) is 4.11. The van der Waals surface area contributed by atoms with Crippen LogP contribution >= 0.6 is 12.2 Å². The van der Waals surface area contributed by atoms with Gasteiger partial charge < -0.3 is 23.7 Å². The maximum atomic E-state index is 6.42. The Kier molecular flexibility index (Phi) is 5.61. The first kappa shape index (κ1) is 19.6. The van der Waals surface area contributed by atoms with Crippen LogP contribution in [0.5, 0.6) is 0 Å². The zero-order valence-corrected chi connectivity index (χ0v) is 16.9. The van der Waals surface area contributed by atoms with Gasteiger partial charge in [-0.05, 0) is 34.1 Å². The lowest BCUT2D eigenvalue weighted by atomic mass is 9.96. The molecular weight excluding hydrogens is 340 g/mol. The lowest BCUT2D eigenvalue weighted by molar-refractivity contribution is -0.338. The van der Waals surface area contributed by atoms with Crippen LogP contribution in [-0.4, -0.2) is 47.1 Å². The summed E-state index contributed by atoms with van der Waals surface area (Å²) in [6.45, 7) is 9.90. The van der Waals surface area contributed by atoms with Gasteiger partial charge in [-0.3, -0.25) is 0 Å². The first-order valence-corrected chi connectivity index (χ1v) is 10.1. The van der Waals surface area contributed by atoms with Gasteiger partial charge in [0.1, 0.15) is 24.4 Å². The third kappa shape index (κ3) is 3.94. The molecule has 0 unspecified atom stereocenters. The van der Waals surface area contributed by atoms with Crippen LogP contribution in [0.4, 0.5) is 0 Å². The maximum absolute atomic E-state index is 6.42. The summed E-state index contributed by atoms with van der Waals surface area (Å²) in [5, 5.41) is 1.63. The minimum atomic E-state index is -0.772. The van der Waals surface area contributed by atoms with E-state index < -0.39 is 17.4 Å². The van der Waals surface area contributed by atoms with Crippen LogP contribution in [0.1, 0.15) is 73.1 Å². The highest BCUT2D eigenvalue weighted by atomic mass is 32.1. The molecule has 0 amide bonds. The van der Waals surface area contributed by atoms with Gasteiger partial charge in [-0.15, -0.1) is 0 Å². The van der Waals surface area contributed by atoms with Gasteiger partial charge in [0.2, 0.25) is 5.79 Å². The van der Waals surface area contributed by atoms with Crippen molar-refractivity contribution in [1.82, 2.24) is 0 Å². The molecule has 0 bridgehead atoms. The highest BCUT2D eigenvalue weighted by Gasteiger charge is 2.68. The molecule has 5 atom stereocenters. The van der Waals surface area contributed by atoms with Crippen molar-refractivity contribution < 1.29 is 23.7 Å². The van der Waals surface area contributed by atoms with E-state index >= 15 is 0 Å². The molecule has 0 spiro atoms. The predicted molar refractivity (Wildman–Crippen MR) is 98.5 cm³/mol. The van der Waals surface area contributed by atoms with Crippen LogP contribution in [-0.2, 0) is 23.7 Å². The molecule has 25 heavy (non-hydrogen) atoms. The average molecular weight is 373 g/mol. The number of fused-ring (bicyclic) bond motifs is 3. The summed E-state index contributed by atoms with van der Waals surface area (Å²) in [6.07, 6.45) is 5.65. The number of rotatable bonds is 7. The Hall–Kier alpha value is -0.110. The van der Waals surface area contributed by atoms with Crippen LogP contribution in [0.2, 0.25) is 0 Å². The van der Waals surface area contributed by atoms with E-state index in [9.17, 15) is 0 Å². The van der Waals surface area contributed by atoms with Crippen LogP contribution in [0.25, 0.3) is 0 Å². The highest BCUT2D eigenvalue weighted by molar-refractivity contribution is 7.79. The van der Waals surface area contributed by atoms with Crippen LogP contribution in [0, 0.1) is 0 Å². The minimum Gasteiger partial charge on any atom is -0.341 e. The highest BCUT2D eigenvalue weighted by Crippen LogP contribution is 2.52. The maximum Gasteiger partial charge on any atom is 0.201 e. The fraction of sp³-hybridized carbons (Fsp3) is 0.947. The molecule has 6 heteroatoms. The van der Waals surface area contributed by atoms with Crippen molar-refractivity contribution in [2.24, 2.45) is 0 Å². The third-order valence-corrected chi connectivity index (χ3v) is 5.42. The third-order valence-electron chi connectivity index (χ3n) is 5.15. The Balaban J connectivity index is 1.77. The molecule has 0 aliphatic carbocycles. The van der Waals surface area contributed by atoms with E-state index in [1.165, 1.54) is 25.7 Å². The second-order valence-corrected chi connectivity index (χ2v) is 8.57. The average Bonchev–Trinajstić information content (AvgIpc) is 2.93. The summed E-state index contributed by atoms with van der Waals surface area (Å²) in [4.78, 5) is 0. The van der Waals surface area contributed by atoms with Crippen LogP contribution < -0.4 is 0 Å². The van der Waals surface area contributed by atoms with Gasteiger partial charge in [-0.1, -0.05) is 44.8 Å². The summed E-state index contributed by atoms with van der Waals surface area (Å²) in [5.74, 6) is -2.18. The Labute approximate surface area is 156 Å². The SMILES string of the molecule is CCCCCCC[C@@]12O[C@H]3[C@H](OC(C)(C)O[C@@H]3C=S)[C@H]1OC(C)(C)O2. The van der Waals surface area contributed by atoms with Gasteiger partial charge in [-0.25, -0.2) is 0 Å². The molecule has 0 radical (unpaired) electrons. The number of unbranched alkanes of at least 4 members (excludes halogenated alkanes) is 4. The largest absolute Gasteiger partial charge is 0.341 e. The van der Waals surface area contributed by atoms with E-state index in [0.29, 0.717) is 0 Å². The number of hydrogen-bond acceptors (Lipinski definition) is 6. The summed E-state index contributed by atoms with van der Waals surface area (Å²) >= 11 is 5.18. The fourth-order valence-corrected chi connectivity index (χ4v) is 4.45. The molecule has 0 aromatic carbocycles. The molecule has 3 aliphatic rings. The molecule has 0 aromatic rings. The molecule has 144 valence electrons. The van der Waals surface area contributed by atoms with Crippen molar-refractivity contribution in [3.63, 3.8) is 0 Å². The molecule has 0 aromatic heterocycles. The Morgan fingerprint density at radius 2 is 1.56 bits per heavy atom. The van der Waals surface area contributed by atoms with Crippen molar-refractivity contribution >= 4 is 17.6 Å². The van der Waals surface area contributed by atoms with E-state index in [1.54, 1.807) is 5.37 Å². The van der Waals surface area contributed by atoms with Crippen molar-refractivity contribution in [2.45, 2.75) is 115 Å². The molecule has 3 fully saturated rings. The van der Waals surface area contributed by atoms with E-state index in [-0.39, 0.29) is 24.4 Å². The lowest BCUT2D eigenvalue weighted by Gasteiger charge is -2.42. The second kappa shape index (κ2) is 7.13. The zero-order valence-electron chi connectivity index (χ0n) is 16.1. The summed E-state index contributed by atoms with van der Waals surface area (Å²) < 4.78 is 31.1. The summed E-state index contributed by atoms with van der Waals surface area (Å²) in [6, 6.07) is 0. The van der Waals surface area contributed by atoms with Crippen molar-refractivity contribution in [3.05, 3.63) is 0 Å². The van der Waals surface area contributed by atoms with Crippen LogP contribution in [0.3, 0.4) is 0 Å². The molecule has 3 aliphatic heterocycles. The van der Waals surface area contributed by atoms with Gasteiger partial charge >= 0.3 is 0 Å². The van der Waals surface area contributed by atoms with Crippen molar-refractivity contribution in [3.8, 4) is 0 Å². The molecule has 3 rings (SSSR count). The molecule has 5 nitrogen and oxygen atoms in total. The Bertz CT molecular complexity index is 494. The standard InChI is InChI=1S/C19H32O5S/c1-6-7-8-9-10-11-19-16(23-18(4,5)24-19)15-14(22-19)13(12-25)20-17(2,3)21-15/h12-16H,6-11H2,1-5H3/t13-,14-,15+,16-,19+/m1/s1. The number of thiocarbonyl (C=S) groups is 1. The van der Waals surface area contributed by atoms with E-state index in [4.69, 9.17) is 35.9 Å². The summed E-state index contributed by atoms with van der Waals surface area (Å²) in [7, 11) is 0. The quantitative estimate of drug-likeness (QED) is 0.495. The van der Waals surface area contributed by atoms with Crippen molar-refractivity contribution in [1.29, 1.82) is 0 Å². The first-order chi connectivity index (χ1) is 11.7. The smallest absolute Gasteiger partial charge is 0.201 e. The first-order valence-electron chi connectivity index (χ1n) is 9.59. The zero-order chi connectivity index (χ0) is 18.3. The van der Waals surface area contributed by atoms with Gasteiger partial charge in [0.15, 0.2) is 11.6 Å². The second-order valence-electron chi connectivity index (χ2n) is 8.30. The Morgan fingerprint density at radius 1 is 0.840 bits per heavy atom. The molecule has 3 heterocycles. The number of hydrogen-bond donors (Lipinski definition) is 0. The topological polar surface area (TPSA) is 46.2 Å². The van der Waals surface area contributed by atoms with Gasteiger partial charge in [0.05, 0.1) is 0 Å². The fourth-order valence-electron chi connectivity index (χ4n) is 4.24. The van der Waals surface area contributed by atoms with Crippen LogP contribution in [0.15, 0.2) is 0 Å². The molecule has 0 N–H and O–H groups in total. The van der Waals surface area contributed by atoms with Crippen molar-refractivity contribution in [2.75, 3.05) is 0 Å². The number of ether oxygens (including phenoxy) is 5. The minimum absolute atomic E-state index is 0.245. The Morgan fingerprint density at radius 3 is 2.24 bits per heavy atom. The molecular formula is C19H32O5S. The van der Waals surface area contributed by atoms with E-state index in [2.05, 4.69) is 6.92 Å². The summed E-state index contributed by atoms with van der Waals surface area (Å²) in [5.41, 5.74) is 0. The molecule has 3 saturated heterocycles. The van der Waals surface area contributed by atoms with E-state index in [0.717, 1.165) is 12.8 Å². The molecule has 0 saturated carbocycles. The lowest BCUT2D eigenvalue weighted by Crippen LogP contribution is -2.56. The van der Waals surface area contributed by atoms with Gasteiger partial charge in [0, 0.05) is 11.8 Å². The normalized spacial score (nSPS) is 41.3.